The Kier molecular flexibility index (Phi) is 5.77. The van der Waals surface area contributed by atoms with Crippen molar-refractivity contribution in [2.24, 2.45) is 17.1 Å². The molecule has 0 bridgehead atoms. The van der Waals surface area contributed by atoms with Crippen LogP contribution in [0.25, 0.3) is 0 Å². The molecule has 0 unspecified atom stereocenters. The van der Waals surface area contributed by atoms with Gasteiger partial charge in [-0.25, -0.2) is 0 Å². The molecular formula is C19H25ClN2O3. The van der Waals surface area contributed by atoms with E-state index < -0.39 is 5.41 Å². The number of nitrogens with two attached hydrogens (primary N) is 1. The van der Waals surface area contributed by atoms with E-state index in [1.54, 1.807) is 24.3 Å². The fourth-order valence-corrected chi connectivity index (χ4v) is 3.92. The van der Waals surface area contributed by atoms with E-state index in [9.17, 15) is 9.59 Å². The number of hydrogen-bond donors (Lipinski definition) is 1. The van der Waals surface area contributed by atoms with E-state index in [-0.39, 0.29) is 17.6 Å². The van der Waals surface area contributed by atoms with Crippen LogP contribution in [0.5, 0.6) is 0 Å². The van der Waals surface area contributed by atoms with Gasteiger partial charge >= 0.3 is 0 Å². The molecule has 0 spiro atoms. The number of nitrogens with zero attached hydrogens (tertiary/aromatic N) is 1. The number of likely N-dealkylation sites (tertiary alicyclic amines) is 1. The number of ketones is 1. The predicted molar refractivity (Wildman–Crippen MR) is 96.6 cm³/mol. The number of piperidine rings is 1. The second-order valence-corrected chi connectivity index (χ2v) is 7.47. The molecule has 2 heterocycles. The summed E-state index contributed by atoms with van der Waals surface area (Å²) in [6, 6.07) is 7.02. The van der Waals surface area contributed by atoms with Gasteiger partial charge in [-0.1, -0.05) is 11.6 Å². The molecular weight excluding hydrogens is 340 g/mol. The molecule has 1 amide bonds. The van der Waals surface area contributed by atoms with Crippen molar-refractivity contribution in [3.8, 4) is 0 Å². The number of carbonyl (C=O) groups is 2. The standard InChI is InChI=1S/C19H25ClN2O3/c20-16-3-1-14(2-4-16)17(23)15-5-9-22(10-6-15)18(24)19(13-21)7-11-25-12-8-19/h1-4,15H,5-13,21H2. The fourth-order valence-electron chi connectivity index (χ4n) is 3.80. The van der Waals surface area contributed by atoms with E-state index >= 15 is 0 Å². The quantitative estimate of drug-likeness (QED) is 0.833. The maximum Gasteiger partial charge on any atom is 0.230 e. The lowest BCUT2D eigenvalue weighted by Crippen LogP contribution is -2.53. The largest absolute Gasteiger partial charge is 0.381 e. The van der Waals surface area contributed by atoms with Crippen LogP contribution in [0.1, 0.15) is 36.0 Å². The minimum absolute atomic E-state index is 0.0336. The molecule has 1 aromatic carbocycles. The van der Waals surface area contributed by atoms with Gasteiger partial charge in [-0.2, -0.15) is 0 Å². The molecule has 5 nitrogen and oxygen atoms in total. The lowest BCUT2D eigenvalue weighted by Gasteiger charge is -2.41. The monoisotopic (exact) mass is 364 g/mol. The summed E-state index contributed by atoms with van der Waals surface area (Å²) in [5.41, 5.74) is 6.15. The van der Waals surface area contributed by atoms with Crippen molar-refractivity contribution in [3.63, 3.8) is 0 Å². The van der Waals surface area contributed by atoms with Crippen molar-refractivity contribution in [3.05, 3.63) is 34.9 Å². The first-order chi connectivity index (χ1) is 12.1. The number of benzene rings is 1. The Morgan fingerprint density at radius 2 is 1.76 bits per heavy atom. The predicted octanol–water partition coefficient (Wildman–Crippen LogP) is 2.52. The average Bonchev–Trinajstić information content (AvgIpc) is 2.68. The highest BCUT2D eigenvalue weighted by atomic mass is 35.5. The first kappa shape index (κ1) is 18.4. The summed E-state index contributed by atoms with van der Waals surface area (Å²) in [4.78, 5) is 27.5. The van der Waals surface area contributed by atoms with Gasteiger partial charge in [0.05, 0.1) is 5.41 Å². The number of amides is 1. The number of halogens is 1. The molecule has 2 saturated heterocycles. The van der Waals surface area contributed by atoms with Crippen LogP contribution in [0.3, 0.4) is 0 Å². The third-order valence-corrected chi connectivity index (χ3v) is 5.83. The Labute approximate surface area is 153 Å². The first-order valence-electron chi connectivity index (χ1n) is 8.93. The number of ether oxygens (including phenoxy) is 1. The Morgan fingerprint density at radius 1 is 1.16 bits per heavy atom. The molecule has 3 rings (SSSR count). The second-order valence-electron chi connectivity index (χ2n) is 7.03. The Hall–Kier alpha value is -1.43. The minimum atomic E-state index is -0.481. The van der Waals surface area contributed by atoms with E-state index in [4.69, 9.17) is 22.1 Å². The van der Waals surface area contributed by atoms with E-state index in [0.29, 0.717) is 69.1 Å². The van der Waals surface area contributed by atoms with Crippen molar-refractivity contribution >= 4 is 23.3 Å². The van der Waals surface area contributed by atoms with Crippen LogP contribution in [0.15, 0.2) is 24.3 Å². The molecule has 2 N–H and O–H groups in total. The summed E-state index contributed by atoms with van der Waals surface area (Å²) in [5.74, 6) is 0.243. The molecule has 2 aliphatic heterocycles. The molecule has 0 saturated carbocycles. The van der Waals surface area contributed by atoms with Crippen LogP contribution >= 0.6 is 11.6 Å². The Bertz CT molecular complexity index is 618. The van der Waals surface area contributed by atoms with Crippen LogP contribution < -0.4 is 5.73 Å². The summed E-state index contributed by atoms with van der Waals surface area (Å²) < 4.78 is 5.39. The van der Waals surface area contributed by atoms with Gasteiger partial charge in [0.15, 0.2) is 5.78 Å². The van der Waals surface area contributed by atoms with Gasteiger partial charge in [0.1, 0.15) is 0 Å². The molecule has 25 heavy (non-hydrogen) atoms. The van der Waals surface area contributed by atoms with Crippen molar-refractivity contribution < 1.29 is 14.3 Å². The first-order valence-corrected chi connectivity index (χ1v) is 9.30. The zero-order chi connectivity index (χ0) is 17.9. The van der Waals surface area contributed by atoms with Gasteiger partial charge in [0, 0.05) is 49.4 Å². The number of rotatable bonds is 4. The Balaban J connectivity index is 1.60. The van der Waals surface area contributed by atoms with Gasteiger partial charge < -0.3 is 15.4 Å². The molecule has 2 fully saturated rings. The highest BCUT2D eigenvalue weighted by Gasteiger charge is 2.42. The van der Waals surface area contributed by atoms with Crippen LogP contribution in [0.2, 0.25) is 5.02 Å². The van der Waals surface area contributed by atoms with Crippen molar-refractivity contribution in [1.82, 2.24) is 4.90 Å². The van der Waals surface area contributed by atoms with Crippen LogP contribution in [-0.4, -0.2) is 49.4 Å². The number of Topliss-reactive ketones (excluding diaryl/α,β-unsaturated/α-hetero) is 1. The van der Waals surface area contributed by atoms with Crippen LogP contribution in [-0.2, 0) is 9.53 Å². The highest BCUT2D eigenvalue weighted by molar-refractivity contribution is 6.30. The van der Waals surface area contributed by atoms with Crippen LogP contribution in [0, 0.1) is 11.3 Å². The lowest BCUT2D eigenvalue weighted by atomic mass is 9.78. The molecule has 6 heteroatoms. The smallest absolute Gasteiger partial charge is 0.230 e. The second kappa shape index (κ2) is 7.85. The molecule has 2 aliphatic rings. The fraction of sp³-hybridized carbons (Fsp3) is 0.579. The summed E-state index contributed by atoms with van der Waals surface area (Å²) in [6.07, 6.45) is 2.77. The molecule has 0 atom stereocenters. The SMILES string of the molecule is NCC1(C(=O)N2CCC(C(=O)c3ccc(Cl)cc3)CC2)CCOCC1. The van der Waals surface area contributed by atoms with Gasteiger partial charge in [0.2, 0.25) is 5.91 Å². The van der Waals surface area contributed by atoms with Crippen LogP contribution in [0.4, 0.5) is 0 Å². The highest BCUT2D eigenvalue weighted by Crippen LogP contribution is 2.33. The summed E-state index contributed by atoms with van der Waals surface area (Å²) in [5, 5.41) is 0.625. The Morgan fingerprint density at radius 3 is 2.32 bits per heavy atom. The van der Waals surface area contributed by atoms with E-state index in [1.807, 2.05) is 4.90 Å². The normalized spacial score (nSPS) is 21.1. The van der Waals surface area contributed by atoms with Gasteiger partial charge in [0.25, 0.3) is 0 Å². The molecule has 1 aromatic rings. The van der Waals surface area contributed by atoms with Crippen molar-refractivity contribution in [2.45, 2.75) is 25.7 Å². The van der Waals surface area contributed by atoms with E-state index in [0.717, 1.165) is 0 Å². The lowest BCUT2D eigenvalue weighted by molar-refractivity contribution is -0.148. The van der Waals surface area contributed by atoms with Gasteiger partial charge in [-0.3, -0.25) is 9.59 Å². The number of carbonyl (C=O) groups excluding carboxylic acids is 2. The molecule has 0 aliphatic carbocycles. The van der Waals surface area contributed by atoms with Crippen molar-refractivity contribution in [1.29, 1.82) is 0 Å². The summed E-state index contributed by atoms with van der Waals surface area (Å²) >= 11 is 5.88. The third kappa shape index (κ3) is 3.89. The third-order valence-electron chi connectivity index (χ3n) is 5.58. The van der Waals surface area contributed by atoms with Gasteiger partial charge in [-0.05, 0) is 49.9 Å². The molecule has 0 radical (unpaired) electrons. The zero-order valence-corrected chi connectivity index (χ0v) is 15.1. The molecule has 0 aromatic heterocycles. The average molecular weight is 365 g/mol. The maximum absolute atomic E-state index is 13.0. The van der Waals surface area contributed by atoms with E-state index in [2.05, 4.69) is 0 Å². The summed E-state index contributed by atoms with van der Waals surface area (Å²) in [6.45, 7) is 2.78. The van der Waals surface area contributed by atoms with Crippen molar-refractivity contribution in [2.75, 3.05) is 32.8 Å². The molecule has 136 valence electrons. The van der Waals surface area contributed by atoms with Gasteiger partial charge in [-0.15, -0.1) is 0 Å². The zero-order valence-electron chi connectivity index (χ0n) is 14.4. The topological polar surface area (TPSA) is 72.6 Å². The minimum Gasteiger partial charge on any atom is -0.381 e. The maximum atomic E-state index is 13.0. The summed E-state index contributed by atoms with van der Waals surface area (Å²) in [7, 11) is 0. The van der Waals surface area contributed by atoms with E-state index in [1.165, 1.54) is 0 Å². The number of hydrogen-bond acceptors (Lipinski definition) is 4.